The van der Waals surface area contributed by atoms with E-state index in [9.17, 15) is 54.0 Å². The highest BCUT2D eigenvalue weighted by molar-refractivity contribution is 7.99. The number of sulfonamides is 1. The van der Waals surface area contributed by atoms with Crippen molar-refractivity contribution in [1.82, 2.24) is 24.7 Å². The summed E-state index contributed by atoms with van der Waals surface area (Å²) in [5, 5.41) is 8.49. The van der Waals surface area contributed by atoms with Crippen LogP contribution in [0.5, 0.6) is 0 Å². The minimum Gasteiger partial charge on any atom is -0.384 e. The average Bonchev–Trinajstić information content (AvgIpc) is 3.58. The number of nitrogens with one attached hydrogen (secondary N) is 4. The van der Waals surface area contributed by atoms with Crippen molar-refractivity contribution in [2.24, 2.45) is 0 Å². The molecule has 2 fully saturated rings. The van der Waals surface area contributed by atoms with E-state index in [1.54, 1.807) is 29.0 Å². The molecule has 0 aromatic heterocycles. The average molecular weight is 1010 g/mol. The predicted molar refractivity (Wildman–Crippen MR) is 253 cm³/mol. The number of fused-ring (bicyclic) bond motifs is 1. The summed E-state index contributed by atoms with van der Waals surface area (Å²) in [6.45, 7) is 5.07. The van der Waals surface area contributed by atoms with Gasteiger partial charge >= 0.3 is 5.51 Å². The van der Waals surface area contributed by atoms with Gasteiger partial charge in [-0.3, -0.25) is 34.2 Å². The summed E-state index contributed by atoms with van der Waals surface area (Å²) in [6.07, 6.45) is 4.19. The Morgan fingerprint density at radius 3 is 2.12 bits per heavy atom. The molecule has 3 aliphatic heterocycles. The van der Waals surface area contributed by atoms with Gasteiger partial charge in [-0.1, -0.05) is 55.3 Å². The molecule has 3 aliphatic rings. The van der Waals surface area contributed by atoms with Crippen LogP contribution in [0.15, 0.2) is 112 Å². The van der Waals surface area contributed by atoms with Gasteiger partial charge in [0, 0.05) is 73.6 Å². The number of sulfone groups is 1. The van der Waals surface area contributed by atoms with Crippen molar-refractivity contribution >= 4 is 72.5 Å². The van der Waals surface area contributed by atoms with Crippen LogP contribution in [0, 0.1) is 0 Å². The highest BCUT2D eigenvalue weighted by atomic mass is 32.2. The van der Waals surface area contributed by atoms with Gasteiger partial charge in [0.15, 0.2) is 0 Å². The van der Waals surface area contributed by atoms with Gasteiger partial charge in [-0.25, -0.2) is 21.6 Å². The van der Waals surface area contributed by atoms with Gasteiger partial charge in [0.25, 0.3) is 37.6 Å². The number of hydrogen-bond donors (Lipinski definition) is 4. The number of rotatable bonds is 21. The smallest absolute Gasteiger partial charge is 0.384 e. The number of piperidine rings is 1. The second kappa shape index (κ2) is 22.3. The molecule has 2 atom stereocenters. The number of carbonyl (C=O) groups excluding carboxylic acids is 5. The van der Waals surface area contributed by atoms with E-state index in [-0.39, 0.29) is 29.5 Å². The maximum absolute atomic E-state index is 14.1. The van der Waals surface area contributed by atoms with Crippen LogP contribution < -0.4 is 20.7 Å². The number of thioether (sulfide) groups is 1. The fourth-order valence-electron chi connectivity index (χ4n) is 8.37. The topological polar surface area (TPSA) is 211 Å². The molecule has 4 aromatic rings. The number of benzene rings is 4. The standard InChI is InChI=1S/C47H52F3N7O9S3/c48-47(49,50)68(63,64)40-30-35(69(65,66)54-43(59)32-12-5-3-6-13-32)18-19-37(40)52-33(31-67-34-14-7-4-8-15-34)22-25-56-28-26-55(27-29-56)24-10-2-1-9-23-51-38-17-11-16-36-42(38)46(62)57(45(36)61)39-20-21-41(58)53-44(39)60/h3-8,11-19,30,33,39,51-52H,1-2,9-10,20-29,31H2,(H,54,59)(H,53,58,60)/t33-,39?/m1/s1. The molecule has 2 saturated heterocycles. The number of unbranched alkanes of at least 4 members (excludes halogenated alkanes) is 3. The maximum Gasteiger partial charge on any atom is 0.501 e. The van der Waals surface area contributed by atoms with Crippen molar-refractivity contribution in [1.29, 1.82) is 0 Å². The van der Waals surface area contributed by atoms with E-state index >= 15 is 0 Å². The Bertz CT molecular complexity index is 2760. The lowest BCUT2D eigenvalue weighted by atomic mass is 10.0. The molecule has 0 aliphatic carbocycles. The monoisotopic (exact) mass is 1010 g/mol. The predicted octanol–water partition coefficient (Wildman–Crippen LogP) is 5.75. The molecule has 0 radical (unpaired) electrons. The normalized spacial score (nSPS) is 17.6. The van der Waals surface area contributed by atoms with Crippen molar-refractivity contribution < 1.29 is 54.0 Å². The van der Waals surface area contributed by atoms with Gasteiger partial charge in [0.05, 0.1) is 21.7 Å². The number of alkyl halides is 3. The summed E-state index contributed by atoms with van der Waals surface area (Å²) in [6, 6.07) is 22.3. The number of carbonyl (C=O) groups is 5. The SMILES string of the molecule is O=C1CCC(N2C(=O)c3cccc(NCCCCCCN4CCN(CC[C@H](CSc5ccccc5)Nc5ccc(S(=O)(=O)NC(=O)c6ccccc6)cc5S(=O)(=O)C(F)(F)F)CC4)c3C2=O)C(=O)N1. The largest absolute Gasteiger partial charge is 0.501 e. The Morgan fingerprint density at radius 1 is 0.768 bits per heavy atom. The highest BCUT2D eigenvalue weighted by Crippen LogP contribution is 2.37. The molecule has 0 bridgehead atoms. The van der Waals surface area contributed by atoms with Crippen LogP contribution in [-0.4, -0.2) is 130 Å². The molecule has 0 saturated carbocycles. The minimum absolute atomic E-state index is 0.0282. The molecule has 4 N–H and O–H groups in total. The number of nitrogens with zero attached hydrogens (tertiary/aromatic N) is 3. The molecule has 7 rings (SSSR count). The van der Waals surface area contributed by atoms with Crippen LogP contribution in [0.4, 0.5) is 24.5 Å². The van der Waals surface area contributed by atoms with Gasteiger partial charge in [0.2, 0.25) is 11.8 Å². The highest BCUT2D eigenvalue weighted by Gasteiger charge is 2.49. The minimum atomic E-state index is -6.07. The van der Waals surface area contributed by atoms with Gasteiger partial charge in [-0.2, -0.15) is 13.2 Å². The summed E-state index contributed by atoms with van der Waals surface area (Å²) >= 11 is 1.43. The Morgan fingerprint density at radius 2 is 1.43 bits per heavy atom. The maximum atomic E-state index is 14.1. The number of halogens is 3. The molecule has 4 aromatic carbocycles. The summed E-state index contributed by atoms with van der Waals surface area (Å²) in [5.41, 5.74) is -5.25. The van der Waals surface area contributed by atoms with Crippen molar-refractivity contribution in [2.75, 3.05) is 62.2 Å². The third-order valence-electron chi connectivity index (χ3n) is 12.1. The van der Waals surface area contributed by atoms with Gasteiger partial charge in [0.1, 0.15) is 10.9 Å². The lowest BCUT2D eigenvalue weighted by molar-refractivity contribution is -0.136. The molecular weight excluding hydrogens is 960 g/mol. The first-order chi connectivity index (χ1) is 32.9. The first-order valence-electron chi connectivity index (χ1n) is 22.5. The summed E-state index contributed by atoms with van der Waals surface area (Å²) in [4.78, 5) is 67.6. The molecule has 368 valence electrons. The van der Waals surface area contributed by atoms with Gasteiger partial charge in [-0.15, -0.1) is 11.8 Å². The molecule has 22 heteroatoms. The quantitative estimate of drug-likeness (QED) is 0.0445. The number of amides is 5. The molecule has 5 amide bonds. The van der Waals surface area contributed by atoms with E-state index in [0.29, 0.717) is 37.0 Å². The Labute approximate surface area is 402 Å². The van der Waals surface area contributed by atoms with Crippen molar-refractivity contribution in [3.63, 3.8) is 0 Å². The van der Waals surface area contributed by atoms with Gasteiger partial charge < -0.3 is 20.4 Å². The van der Waals surface area contributed by atoms with Crippen LogP contribution >= 0.6 is 11.8 Å². The van der Waals surface area contributed by atoms with Crippen LogP contribution in [0.2, 0.25) is 0 Å². The molecule has 69 heavy (non-hydrogen) atoms. The molecule has 1 unspecified atom stereocenters. The zero-order chi connectivity index (χ0) is 49.3. The molecule has 16 nitrogen and oxygen atoms in total. The summed E-state index contributed by atoms with van der Waals surface area (Å²) in [7, 11) is -10.9. The number of anilines is 2. The Kier molecular flexibility index (Phi) is 16.5. The molecule has 0 spiro atoms. The van der Waals surface area contributed by atoms with Crippen LogP contribution in [0.3, 0.4) is 0 Å². The lowest BCUT2D eigenvalue weighted by Crippen LogP contribution is -2.54. The number of imide groups is 2. The third kappa shape index (κ3) is 12.5. The lowest BCUT2D eigenvalue weighted by Gasteiger charge is -2.35. The number of piperazine rings is 1. The second-order valence-electron chi connectivity index (χ2n) is 16.9. The first-order valence-corrected chi connectivity index (χ1v) is 26.4. The van der Waals surface area contributed by atoms with E-state index < -0.39 is 82.5 Å². The van der Waals surface area contributed by atoms with Crippen molar-refractivity contribution in [3.8, 4) is 0 Å². The fraction of sp³-hybridized carbons (Fsp3) is 0.383. The zero-order valence-corrected chi connectivity index (χ0v) is 39.8. The van der Waals surface area contributed by atoms with Gasteiger partial charge in [-0.05, 0) is 86.8 Å². The Balaban J connectivity index is 0.897. The van der Waals surface area contributed by atoms with E-state index in [0.717, 1.165) is 80.3 Å². The summed E-state index contributed by atoms with van der Waals surface area (Å²) < 4.78 is 96.7. The van der Waals surface area contributed by atoms with Crippen LogP contribution in [0.25, 0.3) is 0 Å². The van der Waals surface area contributed by atoms with Crippen LogP contribution in [0.1, 0.15) is 76.0 Å². The zero-order valence-electron chi connectivity index (χ0n) is 37.4. The van der Waals surface area contributed by atoms with Crippen molar-refractivity contribution in [2.45, 2.75) is 77.2 Å². The fourth-order valence-corrected chi connectivity index (χ4v) is 11.4. The van der Waals surface area contributed by atoms with E-state index in [1.807, 2.05) is 30.3 Å². The molecular formula is C47H52F3N7O9S3. The van der Waals surface area contributed by atoms with E-state index in [4.69, 9.17) is 0 Å². The van der Waals surface area contributed by atoms with E-state index in [1.165, 1.54) is 36.0 Å². The van der Waals surface area contributed by atoms with E-state index in [2.05, 4.69) is 25.8 Å². The second-order valence-corrected chi connectivity index (χ2v) is 21.5. The summed E-state index contributed by atoms with van der Waals surface area (Å²) in [5.74, 6) is -2.92. The molecule has 3 heterocycles. The first kappa shape index (κ1) is 51.1. The number of hydrogen-bond acceptors (Lipinski definition) is 14. The third-order valence-corrected chi connectivity index (χ3v) is 16.1. The van der Waals surface area contributed by atoms with Crippen LogP contribution in [-0.2, 0) is 29.4 Å². The van der Waals surface area contributed by atoms with Crippen molar-refractivity contribution in [3.05, 3.63) is 114 Å². The Hall–Kier alpha value is -5.81.